The topological polar surface area (TPSA) is 300 Å². The molecule has 0 radical (unpaired) electrons. The van der Waals surface area contributed by atoms with Gasteiger partial charge in [-0.15, -0.1) is 0 Å². The van der Waals surface area contributed by atoms with Crippen LogP contribution in [0.4, 0.5) is 4.79 Å². The summed E-state index contributed by atoms with van der Waals surface area (Å²) in [5.74, 6) is -2.08. The average molecular weight is 1080 g/mol. The van der Waals surface area contributed by atoms with Gasteiger partial charge in [0.15, 0.2) is 0 Å². The highest BCUT2D eigenvalue weighted by Crippen LogP contribution is 2.44. The van der Waals surface area contributed by atoms with Crippen molar-refractivity contribution in [2.45, 2.75) is 48.0 Å². The molecular weight excluding hydrogens is 1010 g/mol. The number of nitrogens with zero attached hydrogens (tertiary/aromatic N) is 4. The van der Waals surface area contributed by atoms with Crippen LogP contribution in [0, 0.1) is 0 Å². The third-order valence-corrected chi connectivity index (χ3v) is 13.2. The summed E-state index contributed by atoms with van der Waals surface area (Å²) in [6, 6.07) is 19.9. The van der Waals surface area contributed by atoms with E-state index in [1.807, 2.05) is 36.4 Å². The number of ether oxygens (including phenoxy) is 6. The molecule has 6 rings (SSSR count). The smallest absolute Gasteiger partial charge is 0.407 e. The lowest BCUT2D eigenvalue weighted by Crippen LogP contribution is -2.41. The molecule has 2 heterocycles. The van der Waals surface area contributed by atoms with Crippen LogP contribution in [0.2, 0.25) is 0 Å². The molecule has 75 heavy (non-hydrogen) atoms. The minimum atomic E-state index is -3.64. The number of carboxylic acid groups (broad SMARTS) is 1. The molecule has 402 valence electrons. The summed E-state index contributed by atoms with van der Waals surface area (Å²) in [4.78, 5) is 65.6. The minimum Gasteiger partial charge on any atom is -0.480 e. The van der Waals surface area contributed by atoms with E-state index >= 15 is 0 Å². The molecule has 5 aromatic rings. The first-order valence-electron chi connectivity index (χ1n) is 24.1. The Morgan fingerprint density at radius 1 is 0.587 bits per heavy atom. The van der Waals surface area contributed by atoms with Gasteiger partial charge in [0.25, 0.3) is 5.91 Å². The molecule has 0 bridgehead atoms. The van der Waals surface area contributed by atoms with Gasteiger partial charge >= 0.3 is 12.1 Å². The van der Waals surface area contributed by atoms with Gasteiger partial charge < -0.3 is 49.5 Å². The molecule has 3 aromatic carbocycles. The molecule has 1 atom stereocenters. The molecule has 22 nitrogen and oxygen atoms in total. The first-order valence-corrected chi connectivity index (χ1v) is 27.8. The highest BCUT2D eigenvalue weighted by atomic mass is 32.2. The summed E-state index contributed by atoms with van der Waals surface area (Å²) in [6.45, 7) is 3.27. The fourth-order valence-electron chi connectivity index (χ4n) is 7.73. The normalized spacial score (nSPS) is 12.6. The zero-order valence-corrected chi connectivity index (χ0v) is 43.2. The number of fused-ring (bicyclic) bond motifs is 3. The van der Waals surface area contributed by atoms with E-state index in [2.05, 4.69) is 48.0 Å². The van der Waals surface area contributed by atoms with Crippen molar-refractivity contribution in [2.75, 3.05) is 98.3 Å². The summed E-state index contributed by atoms with van der Waals surface area (Å²) in [5, 5.41) is 17.0. The first kappa shape index (κ1) is 57.5. The van der Waals surface area contributed by atoms with E-state index in [1.54, 1.807) is 18.2 Å². The molecule has 24 heteroatoms. The van der Waals surface area contributed by atoms with Gasteiger partial charge in [0.05, 0.1) is 66.1 Å². The highest BCUT2D eigenvalue weighted by Gasteiger charge is 2.29. The molecule has 2 aromatic heterocycles. The molecule has 0 saturated carbocycles. The number of nitrogens with one attached hydrogen (secondary N) is 3. The second-order valence-electron chi connectivity index (χ2n) is 17.1. The van der Waals surface area contributed by atoms with Gasteiger partial charge in [0.1, 0.15) is 12.6 Å². The van der Waals surface area contributed by atoms with Gasteiger partial charge in [-0.2, -0.15) is 0 Å². The van der Waals surface area contributed by atoms with Crippen LogP contribution in [0.1, 0.15) is 53.1 Å². The quantitative estimate of drug-likeness (QED) is 0.0351. The standard InChI is InChI=1S/C51H61N7O15S2/c1-74(64,65)49-54-30-38(31-55-49)35-27-36(39-32-56-50(57-33-39)75(2,66)67)29-37(28-35)47(60)52-16-18-69-20-22-71-24-26-72-25-23-70-21-19-68-17-14-46(59)58-45(48(61)62)13-7-8-15-53-51(63)73-34-44-42-11-5-3-9-40(42)41-10-4-6-12-43(41)44/h3-6,9-12,27-33,44-45H,7-8,13-26,34H2,1-2H3,(H,52,60)(H,53,63)(H,58,59)(H,61,62)/t45-/m0/s1. The van der Waals surface area contributed by atoms with Crippen LogP contribution in [0.15, 0.2) is 102 Å². The largest absolute Gasteiger partial charge is 0.480 e. The number of alkyl carbamates (subject to hydrolysis) is 1. The summed E-state index contributed by atoms with van der Waals surface area (Å²) in [6.07, 6.45) is 7.87. The van der Waals surface area contributed by atoms with Gasteiger partial charge in [-0.25, -0.2) is 46.4 Å². The van der Waals surface area contributed by atoms with E-state index in [4.69, 9.17) is 28.4 Å². The number of hydrogen-bond acceptors (Lipinski definition) is 18. The SMILES string of the molecule is CS(=O)(=O)c1ncc(-c2cc(C(=O)NCCOCCOCCOCCOCCOCCC(=O)N[C@@H](CCCCNC(=O)OCC3c4ccccc4-c4ccccc43)C(=O)O)cc(-c3cnc(S(C)(=O)=O)nc3)c2)cn1. The van der Waals surface area contributed by atoms with Crippen molar-refractivity contribution in [2.24, 2.45) is 0 Å². The van der Waals surface area contributed by atoms with Crippen molar-refractivity contribution in [3.05, 3.63) is 108 Å². The van der Waals surface area contributed by atoms with Gasteiger partial charge in [-0.3, -0.25) is 9.59 Å². The molecule has 0 unspecified atom stereocenters. The fourth-order valence-corrected chi connectivity index (χ4v) is 8.70. The van der Waals surface area contributed by atoms with E-state index in [-0.39, 0.29) is 87.4 Å². The molecule has 0 saturated heterocycles. The third-order valence-electron chi connectivity index (χ3n) is 11.4. The van der Waals surface area contributed by atoms with E-state index in [9.17, 15) is 41.1 Å². The van der Waals surface area contributed by atoms with Crippen LogP contribution in [0.25, 0.3) is 33.4 Å². The first-order chi connectivity index (χ1) is 36.1. The van der Waals surface area contributed by atoms with E-state index in [0.717, 1.165) is 34.8 Å². The Labute approximate surface area is 435 Å². The Morgan fingerprint density at radius 2 is 1.05 bits per heavy atom. The van der Waals surface area contributed by atoms with Gasteiger partial charge in [-0.1, -0.05) is 48.5 Å². The van der Waals surface area contributed by atoms with Crippen LogP contribution in [-0.2, 0) is 57.7 Å². The second kappa shape index (κ2) is 28.8. The number of unbranched alkanes of at least 4 members (excludes halogenated alkanes) is 1. The number of carbonyl (C=O) groups excluding carboxylic acids is 3. The molecule has 0 spiro atoms. The predicted octanol–water partition coefficient (Wildman–Crippen LogP) is 3.89. The zero-order valence-electron chi connectivity index (χ0n) is 41.6. The Hall–Kier alpha value is -6.80. The summed E-state index contributed by atoms with van der Waals surface area (Å²) in [5.41, 5.74) is 6.57. The lowest BCUT2D eigenvalue weighted by molar-refractivity contribution is -0.142. The fraction of sp³-hybridized carbons (Fsp3) is 0.412. The Balaban J connectivity index is 0.746. The number of hydrogen-bond donors (Lipinski definition) is 4. The maximum Gasteiger partial charge on any atom is 0.407 e. The van der Waals surface area contributed by atoms with Gasteiger partial charge in [0.2, 0.25) is 35.9 Å². The molecule has 1 aliphatic carbocycles. The number of carbonyl (C=O) groups is 4. The van der Waals surface area contributed by atoms with Crippen LogP contribution < -0.4 is 16.0 Å². The maximum absolute atomic E-state index is 13.2. The number of amides is 3. The van der Waals surface area contributed by atoms with Crippen LogP contribution in [-0.4, -0.2) is 170 Å². The van der Waals surface area contributed by atoms with Crippen molar-refractivity contribution in [1.29, 1.82) is 0 Å². The van der Waals surface area contributed by atoms with Crippen molar-refractivity contribution >= 4 is 43.6 Å². The van der Waals surface area contributed by atoms with Crippen molar-refractivity contribution in [3.8, 4) is 33.4 Å². The van der Waals surface area contributed by atoms with Crippen LogP contribution >= 0.6 is 0 Å². The number of aromatic nitrogens is 4. The molecule has 0 fully saturated rings. The van der Waals surface area contributed by atoms with E-state index < -0.39 is 49.6 Å². The van der Waals surface area contributed by atoms with Gasteiger partial charge in [0, 0.05) is 79.4 Å². The average Bonchev–Trinajstić information content (AvgIpc) is 3.72. The number of rotatable bonds is 32. The predicted molar refractivity (Wildman–Crippen MR) is 272 cm³/mol. The van der Waals surface area contributed by atoms with Crippen molar-refractivity contribution in [3.63, 3.8) is 0 Å². The number of benzene rings is 3. The van der Waals surface area contributed by atoms with Crippen LogP contribution in [0.3, 0.4) is 0 Å². The third kappa shape index (κ3) is 18.2. The van der Waals surface area contributed by atoms with E-state index in [1.165, 1.54) is 24.8 Å². The molecule has 4 N–H and O–H groups in total. The Morgan fingerprint density at radius 3 is 1.53 bits per heavy atom. The number of carboxylic acids is 1. The van der Waals surface area contributed by atoms with E-state index in [0.29, 0.717) is 68.1 Å². The molecule has 1 aliphatic rings. The zero-order chi connectivity index (χ0) is 53.6. The minimum absolute atomic E-state index is 0.0206. The van der Waals surface area contributed by atoms with Crippen molar-refractivity contribution in [1.82, 2.24) is 35.9 Å². The molecule has 3 amide bonds. The Kier molecular flexibility index (Phi) is 22.0. The lowest BCUT2D eigenvalue weighted by Gasteiger charge is -2.15. The molecule has 0 aliphatic heterocycles. The number of sulfone groups is 2. The monoisotopic (exact) mass is 1080 g/mol. The second-order valence-corrected chi connectivity index (χ2v) is 20.9. The van der Waals surface area contributed by atoms with Gasteiger partial charge in [-0.05, 0) is 70.8 Å². The summed E-state index contributed by atoms with van der Waals surface area (Å²) in [7, 11) is -7.29. The summed E-state index contributed by atoms with van der Waals surface area (Å²) >= 11 is 0. The summed E-state index contributed by atoms with van der Waals surface area (Å²) < 4.78 is 80.6. The van der Waals surface area contributed by atoms with Crippen LogP contribution in [0.5, 0.6) is 0 Å². The number of aliphatic carboxylic acids is 1. The highest BCUT2D eigenvalue weighted by molar-refractivity contribution is 7.90. The lowest BCUT2D eigenvalue weighted by atomic mass is 9.98. The maximum atomic E-state index is 13.2. The Bertz CT molecular complexity index is 2790. The van der Waals surface area contributed by atoms with Crippen molar-refractivity contribution < 1.29 is 69.5 Å². The molecular formula is C51H61N7O15S2.